The summed E-state index contributed by atoms with van der Waals surface area (Å²) in [6, 6.07) is 3.23. The molecule has 0 radical (unpaired) electrons. The van der Waals surface area contributed by atoms with Gasteiger partial charge in [-0.3, -0.25) is 4.72 Å². The number of hydrogen-bond acceptors (Lipinski definition) is 5. The number of aromatic nitrogens is 3. The van der Waals surface area contributed by atoms with Gasteiger partial charge in [0.15, 0.2) is 5.03 Å². The third-order valence-corrected chi connectivity index (χ3v) is 3.87. The van der Waals surface area contributed by atoms with Crippen LogP contribution in [0.1, 0.15) is 26.6 Å². The molecule has 0 fully saturated rings. The van der Waals surface area contributed by atoms with E-state index < -0.39 is 10.0 Å². The van der Waals surface area contributed by atoms with Gasteiger partial charge in [-0.1, -0.05) is 6.92 Å². The first-order valence-electron chi connectivity index (χ1n) is 6.60. The highest BCUT2D eigenvalue weighted by Gasteiger charge is 2.19. The van der Waals surface area contributed by atoms with E-state index in [4.69, 9.17) is 4.74 Å². The highest BCUT2D eigenvalue weighted by Crippen LogP contribution is 2.24. The minimum atomic E-state index is -3.75. The van der Waals surface area contributed by atoms with Gasteiger partial charge in [0.1, 0.15) is 11.5 Å². The van der Waals surface area contributed by atoms with Crippen molar-refractivity contribution in [3.8, 4) is 5.88 Å². The number of aryl methyl sites for hydroxylation is 1. The van der Waals surface area contributed by atoms with Crippen LogP contribution >= 0.6 is 0 Å². The van der Waals surface area contributed by atoms with E-state index in [1.165, 1.54) is 6.20 Å². The molecule has 2 rings (SSSR count). The van der Waals surface area contributed by atoms with Gasteiger partial charge in [0.25, 0.3) is 10.0 Å². The molecule has 0 aliphatic carbocycles. The van der Waals surface area contributed by atoms with E-state index in [2.05, 4.69) is 19.7 Å². The summed E-state index contributed by atoms with van der Waals surface area (Å²) >= 11 is 0. The number of imidazole rings is 1. The number of aromatic amines is 1. The number of nitrogens with zero attached hydrogens (tertiary/aromatic N) is 2. The van der Waals surface area contributed by atoms with Gasteiger partial charge in [0.2, 0.25) is 5.88 Å². The summed E-state index contributed by atoms with van der Waals surface area (Å²) in [5, 5.41) is 0.0127. The fraction of sp³-hybridized carbons (Fsp3) is 0.385. The molecule has 2 aromatic heterocycles. The normalized spacial score (nSPS) is 11.6. The number of H-pyrrole nitrogens is 1. The third-order valence-electron chi connectivity index (χ3n) is 2.59. The Balaban J connectivity index is 2.28. The minimum Gasteiger partial charge on any atom is -0.473 e. The van der Waals surface area contributed by atoms with Crippen LogP contribution in [0.5, 0.6) is 5.88 Å². The summed E-state index contributed by atoms with van der Waals surface area (Å²) in [7, 11) is -3.75. The van der Waals surface area contributed by atoms with Crippen LogP contribution < -0.4 is 9.46 Å². The van der Waals surface area contributed by atoms with Crippen molar-refractivity contribution < 1.29 is 13.2 Å². The fourth-order valence-electron chi connectivity index (χ4n) is 1.64. The van der Waals surface area contributed by atoms with Crippen LogP contribution in [-0.2, 0) is 16.4 Å². The summed E-state index contributed by atoms with van der Waals surface area (Å²) in [6.07, 6.45) is 3.35. The Morgan fingerprint density at radius 1 is 1.38 bits per heavy atom. The Morgan fingerprint density at radius 3 is 2.76 bits per heavy atom. The Kier molecular flexibility index (Phi) is 4.46. The highest BCUT2D eigenvalue weighted by atomic mass is 32.2. The SMILES string of the molecule is CCc1ncc(S(=O)(=O)Nc2cccnc2OC(C)C)[nH]1. The van der Waals surface area contributed by atoms with Gasteiger partial charge in [-0.15, -0.1) is 0 Å². The van der Waals surface area contributed by atoms with Crippen molar-refractivity contribution in [2.45, 2.75) is 38.3 Å². The maximum Gasteiger partial charge on any atom is 0.279 e. The smallest absolute Gasteiger partial charge is 0.279 e. The monoisotopic (exact) mass is 310 g/mol. The van der Waals surface area contributed by atoms with E-state index in [1.807, 2.05) is 20.8 Å². The molecule has 21 heavy (non-hydrogen) atoms. The van der Waals surface area contributed by atoms with Gasteiger partial charge >= 0.3 is 0 Å². The first-order valence-corrected chi connectivity index (χ1v) is 8.09. The van der Waals surface area contributed by atoms with E-state index in [0.717, 1.165) is 0 Å². The molecule has 7 nitrogen and oxygen atoms in total. The zero-order valence-electron chi connectivity index (χ0n) is 12.1. The molecule has 0 aliphatic heterocycles. The molecule has 0 spiro atoms. The third kappa shape index (κ3) is 3.72. The Hall–Kier alpha value is -2.09. The molecule has 0 unspecified atom stereocenters. The van der Waals surface area contributed by atoms with E-state index in [-0.39, 0.29) is 17.0 Å². The molecule has 0 saturated carbocycles. The molecule has 2 N–H and O–H groups in total. The molecule has 0 amide bonds. The van der Waals surface area contributed by atoms with Crippen molar-refractivity contribution in [2.75, 3.05) is 4.72 Å². The molecule has 114 valence electrons. The largest absolute Gasteiger partial charge is 0.473 e. The van der Waals surface area contributed by atoms with Crippen LogP contribution in [-0.4, -0.2) is 29.5 Å². The van der Waals surface area contributed by atoms with Crippen molar-refractivity contribution in [3.05, 3.63) is 30.4 Å². The molecule has 8 heteroatoms. The summed E-state index contributed by atoms with van der Waals surface area (Å²) in [5.74, 6) is 0.853. The fourth-order valence-corrected chi connectivity index (χ4v) is 2.64. The Bertz CT molecular complexity index is 710. The zero-order chi connectivity index (χ0) is 15.5. The average Bonchev–Trinajstić information content (AvgIpc) is 2.90. The second kappa shape index (κ2) is 6.13. The average molecular weight is 310 g/mol. The Morgan fingerprint density at radius 2 is 2.14 bits per heavy atom. The zero-order valence-corrected chi connectivity index (χ0v) is 12.9. The first kappa shape index (κ1) is 15.3. The minimum absolute atomic E-state index is 0.0127. The van der Waals surface area contributed by atoms with Crippen molar-refractivity contribution in [3.63, 3.8) is 0 Å². The van der Waals surface area contributed by atoms with Crippen LogP contribution in [0.4, 0.5) is 5.69 Å². The predicted molar refractivity (Wildman–Crippen MR) is 78.8 cm³/mol. The number of rotatable bonds is 6. The molecular weight excluding hydrogens is 292 g/mol. The Labute approximate surface area is 123 Å². The van der Waals surface area contributed by atoms with Gasteiger partial charge in [0.05, 0.1) is 12.3 Å². The lowest BCUT2D eigenvalue weighted by Crippen LogP contribution is -2.16. The van der Waals surface area contributed by atoms with Gasteiger partial charge in [-0.2, -0.15) is 8.42 Å². The molecular formula is C13H18N4O3S. The summed E-state index contributed by atoms with van der Waals surface area (Å²) in [5.41, 5.74) is 0.291. The van der Waals surface area contributed by atoms with Crippen LogP contribution in [0, 0.1) is 0 Å². The lowest BCUT2D eigenvalue weighted by atomic mass is 10.4. The van der Waals surface area contributed by atoms with Gasteiger partial charge in [-0.25, -0.2) is 9.97 Å². The molecule has 0 saturated heterocycles. The van der Waals surface area contributed by atoms with Crippen molar-refractivity contribution in [1.82, 2.24) is 15.0 Å². The van der Waals surface area contributed by atoms with E-state index in [1.54, 1.807) is 18.3 Å². The highest BCUT2D eigenvalue weighted by molar-refractivity contribution is 7.92. The van der Waals surface area contributed by atoms with Gasteiger partial charge in [-0.05, 0) is 26.0 Å². The number of anilines is 1. The maximum absolute atomic E-state index is 12.3. The van der Waals surface area contributed by atoms with Crippen LogP contribution in [0.2, 0.25) is 0 Å². The van der Waals surface area contributed by atoms with E-state index in [0.29, 0.717) is 17.9 Å². The quantitative estimate of drug-likeness (QED) is 0.850. The predicted octanol–water partition coefficient (Wildman–Crippen LogP) is 1.96. The summed E-state index contributed by atoms with van der Waals surface area (Å²) in [4.78, 5) is 10.8. The van der Waals surface area contributed by atoms with E-state index in [9.17, 15) is 8.42 Å². The first-order chi connectivity index (χ1) is 9.92. The van der Waals surface area contributed by atoms with Crippen molar-refractivity contribution in [1.29, 1.82) is 0 Å². The molecule has 0 bridgehead atoms. The van der Waals surface area contributed by atoms with Gasteiger partial charge < -0.3 is 9.72 Å². The number of nitrogens with one attached hydrogen (secondary N) is 2. The number of hydrogen-bond donors (Lipinski definition) is 2. The number of ether oxygens (including phenoxy) is 1. The van der Waals surface area contributed by atoms with Crippen LogP contribution in [0.25, 0.3) is 0 Å². The maximum atomic E-state index is 12.3. The lowest BCUT2D eigenvalue weighted by molar-refractivity contribution is 0.234. The van der Waals surface area contributed by atoms with Crippen LogP contribution in [0.3, 0.4) is 0 Å². The topological polar surface area (TPSA) is 97.0 Å². The van der Waals surface area contributed by atoms with E-state index >= 15 is 0 Å². The molecule has 2 heterocycles. The summed E-state index contributed by atoms with van der Waals surface area (Å²) in [6.45, 7) is 5.57. The summed E-state index contributed by atoms with van der Waals surface area (Å²) < 4.78 is 32.6. The molecule has 0 aromatic carbocycles. The number of sulfonamides is 1. The molecule has 0 atom stereocenters. The second-order valence-electron chi connectivity index (χ2n) is 4.68. The van der Waals surface area contributed by atoms with Gasteiger partial charge in [0, 0.05) is 12.6 Å². The number of pyridine rings is 1. The van der Waals surface area contributed by atoms with Crippen molar-refractivity contribution >= 4 is 15.7 Å². The van der Waals surface area contributed by atoms with Crippen molar-refractivity contribution in [2.24, 2.45) is 0 Å². The van der Waals surface area contributed by atoms with Crippen LogP contribution in [0.15, 0.2) is 29.6 Å². The molecule has 2 aromatic rings. The molecule has 0 aliphatic rings. The standard InChI is InChI=1S/C13H18N4O3S/c1-4-11-15-8-12(16-11)21(18,19)17-10-6-5-7-14-13(10)20-9(2)3/h5-9,17H,4H2,1-3H3,(H,15,16). The lowest BCUT2D eigenvalue weighted by Gasteiger charge is -2.13. The second-order valence-corrected chi connectivity index (χ2v) is 6.33.